The molecule has 0 aliphatic carbocycles. The summed E-state index contributed by atoms with van der Waals surface area (Å²) in [5.74, 6) is 0.241. The summed E-state index contributed by atoms with van der Waals surface area (Å²) < 4.78 is 68.8. The van der Waals surface area contributed by atoms with Gasteiger partial charge in [0.1, 0.15) is 19.3 Å². The number of aliphatic hydroxyl groups excluding tert-OH is 1. The number of carbonyl (C=O) groups excluding carboxylic acids is 4. The van der Waals surface area contributed by atoms with Gasteiger partial charge in [-0.2, -0.15) is 0 Å². The van der Waals surface area contributed by atoms with Gasteiger partial charge in [-0.1, -0.05) is 376 Å². The van der Waals surface area contributed by atoms with E-state index in [0.717, 1.165) is 108 Å². The fourth-order valence-corrected chi connectivity index (χ4v) is 14.2. The van der Waals surface area contributed by atoms with E-state index in [2.05, 4.69) is 48.5 Å². The fraction of sp³-hybridized carbons (Fsp3) is 0.951. The van der Waals surface area contributed by atoms with Crippen LogP contribution in [0.2, 0.25) is 0 Å². The first kappa shape index (κ1) is 99.1. The minimum absolute atomic E-state index is 0.106. The SMILES string of the molecule is CCCCCCCCCCCCCCCCCCCC(=O)OC[C@H](COP(=O)(O)OC[C@@H](O)COP(=O)(O)OC[C@@H](COC(=O)CCCCCCCCCCC(C)CC)OC(=O)CCCCCCCCCCCCCCC(C)C)OC(=O)CCCCCCCCCCCCCCCCC(C)C. The Morgan fingerprint density at radius 2 is 0.505 bits per heavy atom. The third-order valence-corrected chi connectivity index (χ3v) is 21.4. The second-order valence-corrected chi connectivity index (χ2v) is 33.6. The van der Waals surface area contributed by atoms with Crippen LogP contribution in [-0.4, -0.2) is 96.7 Å². The molecule has 0 aromatic heterocycles. The lowest BCUT2D eigenvalue weighted by Crippen LogP contribution is -2.30. The zero-order valence-corrected chi connectivity index (χ0v) is 68.2. The van der Waals surface area contributed by atoms with Gasteiger partial charge in [-0.05, 0) is 43.4 Å². The van der Waals surface area contributed by atoms with Crippen LogP contribution in [0.1, 0.15) is 427 Å². The van der Waals surface area contributed by atoms with Crippen LogP contribution in [0.25, 0.3) is 0 Å². The number of rotatable bonds is 80. The van der Waals surface area contributed by atoms with Crippen molar-refractivity contribution >= 4 is 39.5 Å². The lowest BCUT2D eigenvalue weighted by atomic mass is 9.99. The van der Waals surface area contributed by atoms with Crippen molar-refractivity contribution in [2.24, 2.45) is 17.8 Å². The summed E-state index contributed by atoms with van der Waals surface area (Å²) in [6.45, 7) is 12.0. The highest BCUT2D eigenvalue weighted by molar-refractivity contribution is 7.47. The van der Waals surface area contributed by atoms with Gasteiger partial charge in [0.05, 0.1) is 26.4 Å². The number of ether oxygens (including phenoxy) is 4. The molecule has 0 aromatic rings. The molecule has 0 aromatic carbocycles. The molecule has 0 rings (SSSR count). The van der Waals surface area contributed by atoms with Crippen LogP contribution < -0.4 is 0 Å². The molecule has 0 bridgehead atoms. The first-order valence-electron chi connectivity index (χ1n) is 42.4. The largest absolute Gasteiger partial charge is 0.472 e. The van der Waals surface area contributed by atoms with E-state index in [1.54, 1.807) is 0 Å². The van der Waals surface area contributed by atoms with E-state index in [1.807, 2.05) is 0 Å². The first-order valence-corrected chi connectivity index (χ1v) is 45.4. The molecule has 3 N–H and O–H groups in total. The number of aliphatic hydroxyl groups is 1. The molecule has 17 nitrogen and oxygen atoms in total. The van der Waals surface area contributed by atoms with Crippen molar-refractivity contribution in [1.29, 1.82) is 0 Å². The normalized spacial score (nSPS) is 14.2. The van der Waals surface area contributed by atoms with Crippen LogP contribution in [0.4, 0.5) is 0 Å². The predicted octanol–water partition coefficient (Wildman–Crippen LogP) is 24.5. The fourth-order valence-electron chi connectivity index (χ4n) is 12.6. The molecule has 0 aliphatic rings. The number of phosphoric acid groups is 2. The van der Waals surface area contributed by atoms with Crippen LogP contribution in [0.5, 0.6) is 0 Å². The highest BCUT2D eigenvalue weighted by Crippen LogP contribution is 2.45. The molecular formula is C82H160O17P2. The summed E-state index contributed by atoms with van der Waals surface area (Å²) in [6, 6.07) is 0. The summed E-state index contributed by atoms with van der Waals surface area (Å²) in [6.07, 6.45) is 60.9. The number of carbonyl (C=O) groups is 4. The zero-order chi connectivity index (χ0) is 74.4. The Kier molecular flexibility index (Phi) is 70.9. The molecule has 0 heterocycles. The molecule has 19 heteroatoms. The summed E-state index contributed by atoms with van der Waals surface area (Å²) in [4.78, 5) is 73.1. The van der Waals surface area contributed by atoms with Crippen molar-refractivity contribution in [2.45, 2.75) is 446 Å². The molecule has 0 radical (unpaired) electrons. The maximum atomic E-state index is 13.1. The summed E-state index contributed by atoms with van der Waals surface area (Å²) in [5.41, 5.74) is 0. The van der Waals surface area contributed by atoms with Crippen LogP contribution >= 0.6 is 15.6 Å². The smallest absolute Gasteiger partial charge is 0.462 e. The van der Waals surface area contributed by atoms with Gasteiger partial charge in [0, 0.05) is 25.7 Å². The molecule has 0 amide bonds. The molecule has 0 saturated heterocycles. The number of phosphoric ester groups is 2. The molecular weight excluding hydrogens is 1320 g/mol. The standard InChI is InChI=1S/C82H160O17P2/c1-8-10-11-12-13-14-15-16-17-18-19-23-29-34-42-49-56-63-79(84)92-69-77(98-81(86)65-58-51-44-35-30-24-21-20-22-27-32-39-46-53-60-73(3)4)71-96-100(88,89)94-67-76(83)68-95-101(90,91)97-72-78(70-93-80(85)64-57-50-43-38-37-41-48-55-62-75(7)9-2)99-82(87)66-59-52-45-36-31-26-25-28-33-40-47-54-61-74(5)6/h73-78,83H,8-72H2,1-7H3,(H,88,89)(H,90,91)/t75?,76-,77-,78-/m1/s1. The highest BCUT2D eigenvalue weighted by atomic mass is 31.2. The molecule has 600 valence electrons. The molecule has 0 spiro atoms. The third-order valence-electron chi connectivity index (χ3n) is 19.5. The van der Waals surface area contributed by atoms with Gasteiger partial charge in [-0.25, -0.2) is 9.13 Å². The lowest BCUT2D eigenvalue weighted by molar-refractivity contribution is -0.161. The number of hydrogen-bond donors (Lipinski definition) is 3. The van der Waals surface area contributed by atoms with E-state index in [-0.39, 0.29) is 25.7 Å². The minimum atomic E-state index is -4.96. The first-order chi connectivity index (χ1) is 48.8. The van der Waals surface area contributed by atoms with Crippen molar-refractivity contribution in [3.8, 4) is 0 Å². The Balaban J connectivity index is 5.27. The van der Waals surface area contributed by atoms with Gasteiger partial charge in [0.15, 0.2) is 12.2 Å². The van der Waals surface area contributed by atoms with E-state index < -0.39 is 97.5 Å². The van der Waals surface area contributed by atoms with Crippen LogP contribution in [0.3, 0.4) is 0 Å². The Bertz CT molecular complexity index is 1960. The monoisotopic (exact) mass is 1480 g/mol. The van der Waals surface area contributed by atoms with Crippen molar-refractivity contribution in [3.63, 3.8) is 0 Å². The summed E-state index contributed by atoms with van der Waals surface area (Å²) in [7, 11) is -9.92. The van der Waals surface area contributed by atoms with Crippen LogP contribution in [0.15, 0.2) is 0 Å². The molecule has 3 unspecified atom stereocenters. The van der Waals surface area contributed by atoms with Gasteiger partial charge in [0.25, 0.3) is 0 Å². The van der Waals surface area contributed by atoms with E-state index in [1.165, 1.54) is 238 Å². The third kappa shape index (κ3) is 74.7. The van der Waals surface area contributed by atoms with Gasteiger partial charge in [-0.3, -0.25) is 37.3 Å². The van der Waals surface area contributed by atoms with Gasteiger partial charge >= 0.3 is 39.5 Å². The molecule has 0 aliphatic heterocycles. The lowest BCUT2D eigenvalue weighted by Gasteiger charge is -2.21. The molecule has 6 atom stereocenters. The quantitative estimate of drug-likeness (QED) is 0.0222. The summed E-state index contributed by atoms with van der Waals surface area (Å²) >= 11 is 0. The Morgan fingerprint density at radius 3 is 0.752 bits per heavy atom. The Labute approximate surface area is 619 Å². The minimum Gasteiger partial charge on any atom is -0.462 e. The maximum Gasteiger partial charge on any atom is 0.472 e. The second kappa shape index (κ2) is 72.3. The predicted molar refractivity (Wildman–Crippen MR) is 414 cm³/mol. The van der Waals surface area contributed by atoms with Crippen molar-refractivity contribution < 1.29 is 80.2 Å². The van der Waals surface area contributed by atoms with Gasteiger partial charge in [-0.15, -0.1) is 0 Å². The Morgan fingerprint density at radius 1 is 0.287 bits per heavy atom. The van der Waals surface area contributed by atoms with E-state index in [9.17, 15) is 43.2 Å². The Hall–Kier alpha value is -1.94. The second-order valence-electron chi connectivity index (χ2n) is 30.7. The van der Waals surface area contributed by atoms with Crippen molar-refractivity contribution in [1.82, 2.24) is 0 Å². The van der Waals surface area contributed by atoms with E-state index >= 15 is 0 Å². The average molecular weight is 1480 g/mol. The molecule has 101 heavy (non-hydrogen) atoms. The number of hydrogen-bond acceptors (Lipinski definition) is 15. The average Bonchev–Trinajstić information content (AvgIpc) is 1.02. The highest BCUT2D eigenvalue weighted by Gasteiger charge is 2.30. The van der Waals surface area contributed by atoms with Crippen LogP contribution in [0, 0.1) is 17.8 Å². The van der Waals surface area contributed by atoms with Crippen LogP contribution in [-0.2, 0) is 65.4 Å². The van der Waals surface area contributed by atoms with Gasteiger partial charge in [0.2, 0.25) is 0 Å². The number of unbranched alkanes of at least 4 members (excludes halogenated alkanes) is 47. The van der Waals surface area contributed by atoms with Gasteiger partial charge < -0.3 is 33.8 Å². The maximum absolute atomic E-state index is 13.1. The van der Waals surface area contributed by atoms with E-state index in [0.29, 0.717) is 25.7 Å². The topological polar surface area (TPSA) is 237 Å². The van der Waals surface area contributed by atoms with Crippen molar-refractivity contribution in [3.05, 3.63) is 0 Å². The van der Waals surface area contributed by atoms with E-state index in [4.69, 9.17) is 37.0 Å². The zero-order valence-electron chi connectivity index (χ0n) is 66.4. The molecule has 0 saturated carbocycles. The van der Waals surface area contributed by atoms with Crippen molar-refractivity contribution in [2.75, 3.05) is 39.6 Å². The molecule has 0 fully saturated rings. The number of esters is 4. The summed E-state index contributed by atoms with van der Waals surface area (Å²) in [5, 5.41) is 10.7.